The number of nitrogens with zero attached hydrogens (tertiary/aromatic N) is 2. The lowest BCUT2D eigenvalue weighted by atomic mass is 9.86. The van der Waals surface area contributed by atoms with Crippen LogP contribution in [0.15, 0.2) is 59.7 Å². The van der Waals surface area contributed by atoms with E-state index in [1.54, 1.807) is 11.2 Å². The quantitative estimate of drug-likeness (QED) is 0.841. The van der Waals surface area contributed by atoms with Gasteiger partial charge in [0.1, 0.15) is 5.66 Å². The molecule has 0 unspecified atom stereocenters. The summed E-state index contributed by atoms with van der Waals surface area (Å²) in [5.74, 6) is -0.0153. The van der Waals surface area contributed by atoms with Gasteiger partial charge < -0.3 is 5.32 Å². The van der Waals surface area contributed by atoms with Crippen LogP contribution in [0.4, 0.5) is 5.69 Å². The molecule has 1 N–H and O–H groups in total. The Labute approximate surface area is 142 Å². The highest BCUT2D eigenvalue weighted by molar-refractivity contribution is 6.02. The van der Waals surface area contributed by atoms with Crippen molar-refractivity contribution in [1.82, 2.24) is 5.01 Å². The van der Waals surface area contributed by atoms with Crippen LogP contribution in [0.5, 0.6) is 0 Å². The van der Waals surface area contributed by atoms with Crippen molar-refractivity contribution < 1.29 is 4.79 Å². The first-order valence-corrected chi connectivity index (χ1v) is 8.59. The maximum Gasteiger partial charge on any atom is 0.278 e. The van der Waals surface area contributed by atoms with E-state index in [1.807, 2.05) is 54.6 Å². The third kappa shape index (κ3) is 2.58. The number of anilines is 1. The van der Waals surface area contributed by atoms with E-state index in [0.717, 1.165) is 36.9 Å². The van der Waals surface area contributed by atoms with Crippen LogP contribution in [0.3, 0.4) is 0 Å². The van der Waals surface area contributed by atoms with Gasteiger partial charge in [0.25, 0.3) is 5.91 Å². The number of nitrogens with one attached hydrogen (secondary N) is 1. The van der Waals surface area contributed by atoms with Gasteiger partial charge in [-0.25, -0.2) is 5.01 Å². The van der Waals surface area contributed by atoms with Gasteiger partial charge in [-0.1, -0.05) is 48.9 Å². The van der Waals surface area contributed by atoms with Crippen molar-refractivity contribution in [1.29, 1.82) is 0 Å². The van der Waals surface area contributed by atoms with Crippen molar-refractivity contribution >= 4 is 17.8 Å². The summed E-state index contributed by atoms with van der Waals surface area (Å²) in [7, 11) is 0. The van der Waals surface area contributed by atoms with E-state index in [9.17, 15) is 4.79 Å². The first kappa shape index (κ1) is 14.9. The second-order valence-corrected chi connectivity index (χ2v) is 6.54. The predicted octanol–water partition coefficient (Wildman–Crippen LogP) is 4.25. The lowest BCUT2D eigenvalue weighted by molar-refractivity contribution is 0.0412. The zero-order valence-corrected chi connectivity index (χ0v) is 13.6. The molecule has 4 nitrogen and oxygen atoms in total. The number of carbonyl (C=O) groups is 1. The van der Waals surface area contributed by atoms with Crippen LogP contribution in [-0.2, 0) is 0 Å². The molecular weight excluding hydrogens is 298 g/mol. The maximum absolute atomic E-state index is 13.1. The Bertz CT molecular complexity index is 763. The second-order valence-electron chi connectivity index (χ2n) is 6.54. The molecular formula is C20H21N3O. The molecule has 2 aromatic carbocycles. The highest BCUT2D eigenvalue weighted by atomic mass is 16.2. The number of benzene rings is 2. The van der Waals surface area contributed by atoms with Crippen molar-refractivity contribution in [2.24, 2.45) is 5.10 Å². The van der Waals surface area contributed by atoms with Gasteiger partial charge in [-0.3, -0.25) is 4.79 Å². The monoisotopic (exact) mass is 319 g/mol. The zero-order chi connectivity index (χ0) is 16.4. The minimum absolute atomic E-state index is 0.0153. The molecule has 1 aliphatic heterocycles. The predicted molar refractivity (Wildman–Crippen MR) is 96.1 cm³/mol. The molecule has 1 saturated carbocycles. The van der Waals surface area contributed by atoms with Crippen LogP contribution < -0.4 is 5.32 Å². The Hall–Kier alpha value is -2.62. The number of hydrazone groups is 1. The van der Waals surface area contributed by atoms with Gasteiger partial charge in [-0.2, -0.15) is 5.10 Å². The molecule has 0 bridgehead atoms. The third-order valence-electron chi connectivity index (χ3n) is 4.93. The largest absolute Gasteiger partial charge is 0.360 e. The summed E-state index contributed by atoms with van der Waals surface area (Å²) in [6.45, 7) is 0. The van der Waals surface area contributed by atoms with Crippen LogP contribution in [0.25, 0.3) is 0 Å². The van der Waals surface area contributed by atoms with Gasteiger partial charge in [0.2, 0.25) is 0 Å². The summed E-state index contributed by atoms with van der Waals surface area (Å²) < 4.78 is 0. The number of amides is 1. The molecule has 1 fully saturated rings. The van der Waals surface area contributed by atoms with E-state index in [0.29, 0.717) is 5.56 Å². The summed E-state index contributed by atoms with van der Waals surface area (Å²) in [6.07, 6.45) is 7.08. The summed E-state index contributed by atoms with van der Waals surface area (Å²) >= 11 is 0. The molecule has 0 aromatic heterocycles. The fraction of sp³-hybridized carbons (Fsp3) is 0.300. The summed E-state index contributed by atoms with van der Waals surface area (Å²) in [4.78, 5) is 13.1. The van der Waals surface area contributed by atoms with Crippen LogP contribution in [0.2, 0.25) is 0 Å². The second kappa shape index (κ2) is 6.11. The molecule has 2 aliphatic rings. The molecule has 1 aliphatic carbocycles. The Morgan fingerprint density at radius 1 is 0.958 bits per heavy atom. The minimum Gasteiger partial charge on any atom is -0.360 e. The van der Waals surface area contributed by atoms with Gasteiger partial charge in [0.15, 0.2) is 0 Å². The minimum atomic E-state index is -0.394. The van der Waals surface area contributed by atoms with Crippen molar-refractivity contribution in [2.45, 2.75) is 37.8 Å². The molecule has 0 saturated heterocycles. The highest BCUT2D eigenvalue weighted by Crippen LogP contribution is 2.40. The molecule has 4 rings (SSSR count). The molecule has 1 heterocycles. The number of para-hydroxylation sites is 1. The molecule has 1 amide bonds. The molecule has 4 heteroatoms. The van der Waals surface area contributed by atoms with Crippen LogP contribution in [-0.4, -0.2) is 22.8 Å². The van der Waals surface area contributed by atoms with Crippen molar-refractivity contribution in [3.8, 4) is 0 Å². The van der Waals surface area contributed by atoms with Gasteiger partial charge >= 0.3 is 0 Å². The first-order valence-electron chi connectivity index (χ1n) is 8.59. The first-order chi connectivity index (χ1) is 11.8. The smallest absolute Gasteiger partial charge is 0.278 e. The van der Waals surface area contributed by atoms with Crippen LogP contribution in [0.1, 0.15) is 48.0 Å². The Balaban J connectivity index is 1.73. The van der Waals surface area contributed by atoms with Crippen LogP contribution >= 0.6 is 0 Å². The Morgan fingerprint density at radius 2 is 1.67 bits per heavy atom. The molecule has 2 aromatic rings. The standard InChI is InChI=1S/C20H21N3O/c24-19-17-11-5-6-12-18(17)22-20(13-7-2-8-14-20)23(19)21-15-16-9-3-1-4-10-16/h1,3-6,9-12,15,22H,2,7-8,13-14H2/b21-15+. The van der Waals surface area contributed by atoms with E-state index in [1.165, 1.54) is 6.42 Å². The van der Waals surface area contributed by atoms with Crippen LogP contribution in [0, 0.1) is 0 Å². The highest BCUT2D eigenvalue weighted by Gasteiger charge is 2.45. The number of hydrogen-bond donors (Lipinski definition) is 1. The third-order valence-corrected chi connectivity index (χ3v) is 4.93. The van der Waals surface area contributed by atoms with E-state index in [2.05, 4.69) is 10.4 Å². The summed E-state index contributed by atoms with van der Waals surface area (Å²) in [6, 6.07) is 17.6. The Kier molecular flexibility index (Phi) is 3.81. The summed E-state index contributed by atoms with van der Waals surface area (Å²) in [5.41, 5.74) is 2.22. The number of rotatable bonds is 2. The van der Waals surface area contributed by atoms with Crippen molar-refractivity contribution in [3.63, 3.8) is 0 Å². The van der Waals surface area contributed by atoms with Gasteiger partial charge in [-0.15, -0.1) is 0 Å². The Morgan fingerprint density at radius 3 is 2.46 bits per heavy atom. The average molecular weight is 319 g/mol. The lowest BCUT2D eigenvalue weighted by Crippen LogP contribution is -2.58. The molecule has 24 heavy (non-hydrogen) atoms. The van der Waals surface area contributed by atoms with E-state index < -0.39 is 5.66 Å². The SMILES string of the molecule is O=C1c2ccccc2NC2(CCCCC2)N1/N=C/c1ccccc1. The molecule has 0 atom stereocenters. The lowest BCUT2D eigenvalue weighted by Gasteiger charge is -2.47. The van der Waals surface area contributed by atoms with E-state index in [4.69, 9.17) is 0 Å². The number of hydrogen-bond acceptors (Lipinski definition) is 3. The zero-order valence-electron chi connectivity index (χ0n) is 13.6. The topological polar surface area (TPSA) is 44.7 Å². The molecule has 0 radical (unpaired) electrons. The fourth-order valence-corrected chi connectivity index (χ4v) is 3.69. The van der Waals surface area contributed by atoms with Gasteiger partial charge in [0.05, 0.1) is 11.8 Å². The van der Waals surface area contributed by atoms with Crippen molar-refractivity contribution in [2.75, 3.05) is 5.32 Å². The summed E-state index contributed by atoms with van der Waals surface area (Å²) in [5, 5.41) is 9.91. The van der Waals surface area contributed by atoms with E-state index >= 15 is 0 Å². The molecule has 122 valence electrons. The normalized spacial score (nSPS) is 19.3. The van der Waals surface area contributed by atoms with Crippen molar-refractivity contribution in [3.05, 3.63) is 65.7 Å². The number of fused-ring (bicyclic) bond motifs is 1. The molecule has 1 spiro atoms. The van der Waals surface area contributed by atoms with Gasteiger partial charge in [0, 0.05) is 5.69 Å². The maximum atomic E-state index is 13.1. The number of carbonyl (C=O) groups excluding carboxylic acids is 1. The van der Waals surface area contributed by atoms with Gasteiger partial charge in [-0.05, 0) is 43.4 Å². The van der Waals surface area contributed by atoms with E-state index in [-0.39, 0.29) is 5.91 Å². The average Bonchev–Trinajstić information content (AvgIpc) is 2.63. The fourth-order valence-electron chi connectivity index (χ4n) is 3.69.